The highest BCUT2D eigenvalue weighted by Gasteiger charge is 2.14. The predicted molar refractivity (Wildman–Crippen MR) is 73.8 cm³/mol. The van der Waals surface area contributed by atoms with E-state index >= 15 is 0 Å². The lowest BCUT2D eigenvalue weighted by molar-refractivity contribution is -0.0498. The standard InChI is InChI=1S/C15H15F2NO4/c1-9-12(6-7-21-9)14(20)18-8-13(19)10-2-4-11(5-3-10)22-15(16)17/h2-7,13,15,19H,8H2,1H3,(H,18,20). The predicted octanol–water partition coefficient (Wildman–Crippen LogP) is 2.65. The average molecular weight is 311 g/mol. The zero-order chi connectivity index (χ0) is 16.1. The Morgan fingerprint density at radius 2 is 2.00 bits per heavy atom. The summed E-state index contributed by atoms with van der Waals surface area (Å²) in [7, 11) is 0. The maximum Gasteiger partial charge on any atom is 0.387 e. The van der Waals surface area contributed by atoms with Gasteiger partial charge >= 0.3 is 6.61 Å². The highest BCUT2D eigenvalue weighted by molar-refractivity contribution is 5.95. The largest absolute Gasteiger partial charge is 0.469 e. The number of ether oxygens (including phenoxy) is 1. The number of carbonyl (C=O) groups excluding carboxylic acids is 1. The molecule has 0 spiro atoms. The van der Waals surface area contributed by atoms with Gasteiger partial charge in [0.2, 0.25) is 0 Å². The molecule has 0 radical (unpaired) electrons. The fourth-order valence-electron chi connectivity index (χ4n) is 1.89. The van der Waals surface area contributed by atoms with Crippen molar-refractivity contribution in [2.24, 2.45) is 0 Å². The molecule has 0 saturated heterocycles. The summed E-state index contributed by atoms with van der Waals surface area (Å²) in [5, 5.41) is 12.6. The van der Waals surface area contributed by atoms with Crippen LogP contribution in [0, 0.1) is 6.92 Å². The van der Waals surface area contributed by atoms with Crippen LogP contribution in [-0.4, -0.2) is 24.2 Å². The summed E-state index contributed by atoms with van der Waals surface area (Å²) in [5.74, 6) is 0.132. The number of aryl methyl sites for hydroxylation is 1. The minimum atomic E-state index is -2.90. The molecule has 1 aromatic heterocycles. The quantitative estimate of drug-likeness (QED) is 0.860. The van der Waals surface area contributed by atoms with E-state index in [-0.39, 0.29) is 18.2 Å². The lowest BCUT2D eigenvalue weighted by Gasteiger charge is -2.13. The van der Waals surface area contributed by atoms with Crippen molar-refractivity contribution in [3.05, 3.63) is 53.5 Å². The van der Waals surface area contributed by atoms with Crippen LogP contribution in [0.1, 0.15) is 27.8 Å². The van der Waals surface area contributed by atoms with Gasteiger partial charge in [0.05, 0.1) is 17.9 Å². The lowest BCUT2D eigenvalue weighted by atomic mass is 10.1. The molecule has 0 aliphatic rings. The number of benzene rings is 1. The second-order valence-corrected chi connectivity index (χ2v) is 4.56. The molecular formula is C15H15F2NO4. The van der Waals surface area contributed by atoms with E-state index < -0.39 is 12.7 Å². The average Bonchev–Trinajstić information content (AvgIpc) is 2.91. The number of aliphatic hydroxyl groups is 1. The maximum absolute atomic E-state index is 12.0. The normalized spacial score (nSPS) is 12.2. The van der Waals surface area contributed by atoms with Gasteiger partial charge in [-0.2, -0.15) is 8.78 Å². The van der Waals surface area contributed by atoms with Gasteiger partial charge in [-0.1, -0.05) is 12.1 Å². The molecule has 0 aliphatic heterocycles. The van der Waals surface area contributed by atoms with Crippen molar-refractivity contribution in [3.63, 3.8) is 0 Å². The van der Waals surface area contributed by atoms with Gasteiger partial charge in [-0.05, 0) is 30.7 Å². The molecule has 0 fully saturated rings. The third kappa shape index (κ3) is 4.05. The summed E-state index contributed by atoms with van der Waals surface area (Å²) in [5.41, 5.74) is 0.874. The van der Waals surface area contributed by atoms with Crippen molar-refractivity contribution in [3.8, 4) is 5.75 Å². The number of amides is 1. The van der Waals surface area contributed by atoms with Gasteiger partial charge in [0.25, 0.3) is 5.91 Å². The number of carbonyl (C=O) groups is 1. The van der Waals surface area contributed by atoms with Gasteiger partial charge in [0, 0.05) is 6.54 Å². The van der Waals surface area contributed by atoms with Gasteiger partial charge in [-0.25, -0.2) is 0 Å². The van der Waals surface area contributed by atoms with Crippen LogP contribution in [0.2, 0.25) is 0 Å². The van der Waals surface area contributed by atoms with Crippen LogP contribution < -0.4 is 10.1 Å². The van der Waals surface area contributed by atoms with Gasteiger partial charge in [-0.3, -0.25) is 4.79 Å². The van der Waals surface area contributed by atoms with Gasteiger partial charge < -0.3 is 19.6 Å². The Morgan fingerprint density at radius 1 is 1.32 bits per heavy atom. The van der Waals surface area contributed by atoms with Crippen molar-refractivity contribution in [2.45, 2.75) is 19.6 Å². The summed E-state index contributed by atoms with van der Waals surface area (Å²) in [4.78, 5) is 11.9. The maximum atomic E-state index is 12.0. The molecule has 1 amide bonds. The Morgan fingerprint density at radius 3 is 2.55 bits per heavy atom. The Balaban J connectivity index is 1.90. The third-order valence-corrected chi connectivity index (χ3v) is 3.05. The molecule has 2 rings (SSSR count). The topological polar surface area (TPSA) is 71.7 Å². The van der Waals surface area contributed by atoms with Crippen LogP contribution in [0.5, 0.6) is 5.75 Å². The summed E-state index contributed by atoms with van der Waals surface area (Å²) >= 11 is 0. The Labute approximate surface area is 125 Å². The van der Waals surface area contributed by atoms with E-state index in [0.717, 1.165) is 0 Å². The van der Waals surface area contributed by atoms with Crippen LogP contribution in [0.15, 0.2) is 41.0 Å². The molecule has 7 heteroatoms. The van der Waals surface area contributed by atoms with E-state index in [1.54, 1.807) is 6.92 Å². The molecule has 5 nitrogen and oxygen atoms in total. The number of hydrogen-bond donors (Lipinski definition) is 2. The van der Waals surface area contributed by atoms with Crippen LogP contribution in [0.3, 0.4) is 0 Å². The SMILES string of the molecule is Cc1occc1C(=O)NCC(O)c1ccc(OC(F)F)cc1. The zero-order valence-electron chi connectivity index (χ0n) is 11.8. The number of halogens is 2. The molecule has 1 aromatic carbocycles. The molecule has 1 heterocycles. The molecule has 0 aliphatic carbocycles. The van der Waals surface area contributed by atoms with Crippen LogP contribution in [0.25, 0.3) is 0 Å². The van der Waals surface area contributed by atoms with Crippen LogP contribution in [0.4, 0.5) is 8.78 Å². The molecular weight excluding hydrogens is 296 g/mol. The van der Waals surface area contributed by atoms with Crippen molar-refractivity contribution in [1.82, 2.24) is 5.32 Å². The molecule has 0 saturated carbocycles. The van der Waals surface area contributed by atoms with E-state index in [1.807, 2.05) is 0 Å². The molecule has 1 atom stereocenters. The fraction of sp³-hybridized carbons (Fsp3) is 0.267. The second-order valence-electron chi connectivity index (χ2n) is 4.56. The van der Waals surface area contributed by atoms with E-state index in [4.69, 9.17) is 4.42 Å². The summed E-state index contributed by atoms with van der Waals surface area (Å²) in [6, 6.07) is 7.10. The highest BCUT2D eigenvalue weighted by Crippen LogP contribution is 2.19. The smallest absolute Gasteiger partial charge is 0.387 e. The number of nitrogens with one attached hydrogen (secondary N) is 1. The van der Waals surface area contributed by atoms with Crippen molar-refractivity contribution in [2.75, 3.05) is 6.54 Å². The van der Waals surface area contributed by atoms with Crippen LogP contribution >= 0.6 is 0 Å². The summed E-state index contributed by atoms with van der Waals surface area (Å²) in [6.45, 7) is -1.25. The van der Waals surface area contributed by atoms with E-state index in [9.17, 15) is 18.7 Å². The summed E-state index contributed by atoms with van der Waals surface area (Å²) < 4.78 is 33.3. The van der Waals surface area contributed by atoms with Crippen molar-refractivity contribution in [1.29, 1.82) is 0 Å². The molecule has 2 N–H and O–H groups in total. The van der Waals surface area contributed by atoms with Crippen LogP contribution in [-0.2, 0) is 0 Å². The minimum absolute atomic E-state index is 0.00371. The lowest BCUT2D eigenvalue weighted by Crippen LogP contribution is -2.28. The number of alkyl halides is 2. The molecule has 118 valence electrons. The fourth-order valence-corrected chi connectivity index (χ4v) is 1.89. The van der Waals surface area contributed by atoms with Crippen molar-refractivity contribution < 1.29 is 27.8 Å². The first kappa shape index (κ1) is 16.0. The monoisotopic (exact) mass is 311 g/mol. The van der Waals surface area contributed by atoms with E-state index in [1.165, 1.54) is 36.6 Å². The first-order valence-corrected chi connectivity index (χ1v) is 6.52. The molecule has 22 heavy (non-hydrogen) atoms. The van der Waals surface area contributed by atoms with Gasteiger partial charge in [-0.15, -0.1) is 0 Å². The van der Waals surface area contributed by atoms with E-state index in [0.29, 0.717) is 16.9 Å². The third-order valence-electron chi connectivity index (χ3n) is 3.05. The van der Waals surface area contributed by atoms with Gasteiger partial charge in [0.15, 0.2) is 0 Å². The second kappa shape index (κ2) is 7.04. The minimum Gasteiger partial charge on any atom is -0.469 e. The molecule has 2 aromatic rings. The number of furan rings is 1. The highest BCUT2D eigenvalue weighted by atomic mass is 19.3. The first-order chi connectivity index (χ1) is 10.5. The van der Waals surface area contributed by atoms with Gasteiger partial charge in [0.1, 0.15) is 11.5 Å². The Kier molecular flexibility index (Phi) is 5.11. The zero-order valence-corrected chi connectivity index (χ0v) is 11.8. The Bertz CT molecular complexity index is 625. The molecule has 1 unspecified atom stereocenters. The molecule has 0 bridgehead atoms. The first-order valence-electron chi connectivity index (χ1n) is 6.52. The number of hydrogen-bond acceptors (Lipinski definition) is 4. The Hall–Kier alpha value is -2.41. The van der Waals surface area contributed by atoms with Crippen molar-refractivity contribution >= 4 is 5.91 Å². The number of aliphatic hydroxyl groups excluding tert-OH is 1. The number of rotatable bonds is 6. The summed E-state index contributed by atoms with van der Waals surface area (Å²) in [6.07, 6.45) is 0.444. The van der Waals surface area contributed by atoms with E-state index in [2.05, 4.69) is 10.1 Å².